The first-order chi connectivity index (χ1) is 9.88. The fraction of sp³-hybridized carbons (Fsp3) is 0.647. The number of hydrogen-bond donors (Lipinski definition) is 1. The van der Waals surface area contributed by atoms with E-state index >= 15 is 0 Å². The summed E-state index contributed by atoms with van der Waals surface area (Å²) >= 11 is 0. The number of hydrogen-bond acceptors (Lipinski definition) is 3. The molecule has 0 aliphatic heterocycles. The molecule has 1 aromatic heterocycles. The maximum absolute atomic E-state index is 11.4. The number of nitrogens with zero attached hydrogens (tertiary/aromatic N) is 2. The standard InChI is InChI=1S/C17H26N2O2/c1-11(2)7-8-19(14-5-6-14)16-10-13(17(20)21)9-15(18-16)12(3)4/h9-12,14H,5-8H2,1-4H3,(H,20,21). The number of pyridine rings is 1. The van der Waals surface area contributed by atoms with Crippen LogP contribution in [0.3, 0.4) is 0 Å². The Morgan fingerprint density at radius 2 is 2.00 bits per heavy atom. The number of carboxylic acid groups (broad SMARTS) is 1. The molecule has 0 radical (unpaired) electrons. The molecule has 0 unspecified atom stereocenters. The van der Waals surface area contributed by atoms with Gasteiger partial charge in [-0.25, -0.2) is 9.78 Å². The average molecular weight is 290 g/mol. The number of carboxylic acids is 1. The van der Waals surface area contributed by atoms with Crippen LogP contribution in [0.4, 0.5) is 5.82 Å². The quantitative estimate of drug-likeness (QED) is 0.827. The van der Waals surface area contributed by atoms with Crippen molar-refractivity contribution in [1.82, 2.24) is 4.98 Å². The highest BCUT2D eigenvalue weighted by atomic mass is 16.4. The van der Waals surface area contributed by atoms with Crippen molar-refractivity contribution < 1.29 is 9.90 Å². The van der Waals surface area contributed by atoms with Gasteiger partial charge in [-0.1, -0.05) is 27.7 Å². The van der Waals surface area contributed by atoms with Crippen LogP contribution in [0.1, 0.15) is 68.9 Å². The van der Waals surface area contributed by atoms with Gasteiger partial charge in [0, 0.05) is 18.3 Å². The van der Waals surface area contributed by atoms with Crippen LogP contribution in [0, 0.1) is 5.92 Å². The molecule has 0 bridgehead atoms. The first kappa shape index (κ1) is 15.8. The molecule has 0 atom stereocenters. The largest absolute Gasteiger partial charge is 0.478 e. The molecule has 116 valence electrons. The van der Waals surface area contributed by atoms with Gasteiger partial charge < -0.3 is 10.0 Å². The zero-order valence-corrected chi connectivity index (χ0v) is 13.5. The van der Waals surface area contributed by atoms with Crippen LogP contribution in [-0.2, 0) is 0 Å². The van der Waals surface area contributed by atoms with E-state index < -0.39 is 5.97 Å². The molecule has 1 N–H and O–H groups in total. The third kappa shape index (κ3) is 4.19. The monoisotopic (exact) mass is 290 g/mol. The van der Waals surface area contributed by atoms with Gasteiger partial charge in [0.15, 0.2) is 0 Å². The van der Waals surface area contributed by atoms with Crippen molar-refractivity contribution in [3.63, 3.8) is 0 Å². The van der Waals surface area contributed by atoms with Gasteiger partial charge in [0.05, 0.1) is 5.56 Å². The molecular formula is C17H26N2O2. The molecule has 0 amide bonds. The predicted molar refractivity (Wildman–Crippen MR) is 85.1 cm³/mol. The number of rotatable bonds is 7. The van der Waals surface area contributed by atoms with Crippen molar-refractivity contribution in [3.8, 4) is 0 Å². The molecule has 1 aromatic rings. The fourth-order valence-corrected chi connectivity index (χ4v) is 2.37. The van der Waals surface area contributed by atoms with Crippen LogP contribution in [0.5, 0.6) is 0 Å². The van der Waals surface area contributed by atoms with Gasteiger partial charge in [-0.3, -0.25) is 0 Å². The Labute approximate surface area is 127 Å². The first-order valence-corrected chi connectivity index (χ1v) is 7.90. The minimum atomic E-state index is -0.875. The smallest absolute Gasteiger partial charge is 0.335 e. The summed E-state index contributed by atoms with van der Waals surface area (Å²) in [5, 5.41) is 9.32. The summed E-state index contributed by atoms with van der Waals surface area (Å²) < 4.78 is 0. The minimum Gasteiger partial charge on any atom is -0.478 e. The van der Waals surface area contributed by atoms with Crippen LogP contribution in [0.25, 0.3) is 0 Å². The summed E-state index contributed by atoms with van der Waals surface area (Å²) in [7, 11) is 0. The van der Waals surface area contributed by atoms with Crippen molar-refractivity contribution in [3.05, 3.63) is 23.4 Å². The molecule has 2 rings (SSSR count). The van der Waals surface area contributed by atoms with Gasteiger partial charge in [0.2, 0.25) is 0 Å². The molecule has 1 heterocycles. The molecule has 0 saturated heterocycles. The van der Waals surface area contributed by atoms with Gasteiger partial charge in [-0.15, -0.1) is 0 Å². The van der Waals surface area contributed by atoms with Crippen LogP contribution in [0.15, 0.2) is 12.1 Å². The lowest BCUT2D eigenvalue weighted by Crippen LogP contribution is -2.29. The van der Waals surface area contributed by atoms with E-state index in [0.717, 1.165) is 24.5 Å². The van der Waals surface area contributed by atoms with Crippen molar-refractivity contribution in [2.45, 2.75) is 58.9 Å². The lowest BCUT2D eigenvalue weighted by atomic mass is 10.1. The van der Waals surface area contributed by atoms with E-state index in [9.17, 15) is 9.90 Å². The maximum Gasteiger partial charge on any atom is 0.335 e. The van der Waals surface area contributed by atoms with E-state index in [-0.39, 0.29) is 5.92 Å². The summed E-state index contributed by atoms with van der Waals surface area (Å²) in [6, 6.07) is 3.97. The molecule has 1 aliphatic carbocycles. The Balaban J connectivity index is 2.31. The van der Waals surface area contributed by atoms with Gasteiger partial charge in [0.1, 0.15) is 5.82 Å². The third-order valence-corrected chi connectivity index (χ3v) is 3.90. The fourth-order valence-electron chi connectivity index (χ4n) is 2.37. The second kappa shape index (κ2) is 6.46. The zero-order chi connectivity index (χ0) is 15.6. The van der Waals surface area contributed by atoms with E-state index in [2.05, 4.69) is 18.7 Å². The lowest BCUT2D eigenvalue weighted by Gasteiger charge is -2.25. The summed E-state index contributed by atoms with van der Waals surface area (Å²) in [4.78, 5) is 18.4. The number of anilines is 1. The van der Waals surface area contributed by atoms with E-state index in [1.54, 1.807) is 12.1 Å². The summed E-state index contributed by atoms with van der Waals surface area (Å²) in [5.41, 5.74) is 1.21. The minimum absolute atomic E-state index is 0.231. The highest BCUT2D eigenvalue weighted by Crippen LogP contribution is 2.32. The van der Waals surface area contributed by atoms with Gasteiger partial charge in [0.25, 0.3) is 0 Å². The highest BCUT2D eigenvalue weighted by molar-refractivity contribution is 5.88. The van der Waals surface area contributed by atoms with Crippen molar-refractivity contribution in [1.29, 1.82) is 0 Å². The molecule has 0 spiro atoms. The number of aromatic nitrogens is 1. The third-order valence-electron chi connectivity index (χ3n) is 3.90. The van der Waals surface area contributed by atoms with Gasteiger partial charge in [-0.05, 0) is 43.2 Å². The van der Waals surface area contributed by atoms with Crippen molar-refractivity contribution in [2.75, 3.05) is 11.4 Å². The lowest BCUT2D eigenvalue weighted by molar-refractivity contribution is 0.0696. The molecule has 1 saturated carbocycles. The zero-order valence-electron chi connectivity index (χ0n) is 13.5. The summed E-state index contributed by atoms with van der Waals surface area (Å²) in [5.74, 6) is 0.828. The molecule has 4 heteroatoms. The van der Waals surface area contributed by atoms with E-state index in [1.165, 1.54) is 12.8 Å². The predicted octanol–water partition coefficient (Wildman–Crippen LogP) is 3.92. The topological polar surface area (TPSA) is 53.4 Å². The molecule has 21 heavy (non-hydrogen) atoms. The molecule has 1 aliphatic rings. The van der Waals surface area contributed by atoms with Gasteiger partial charge >= 0.3 is 5.97 Å². The average Bonchev–Trinajstić information content (AvgIpc) is 3.22. The van der Waals surface area contributed by atoms with E-state index in [0.29, 0.717) is 17.5 Å². The molecule has 1 fully saturated rings. The molecule has 4 nitrogen and oxygen atoms in total. The van der Waals surface area contributed by atoms with Crippen molar-refractivity contribution >= 4 is 11.8 Å². The first-order valence-electron chi connectivity index (χ1n) is 7.90. The van der Waals surface area contributed by atoms with Crippen LogP contribution in [0.2, 0.25) is 0 Å². The SMILES string of the molecule is CC(C)CCN(c1cc(C(=O)O)cc(C(C)C)n1)C1CC1. The van der Waals surface area contributed by atoms with Crippen LogP contribution in [-0.4, -0.2) is 28.6 Å². The molecule has 0 aromatic carbocycles. The van der Waals surface area contributed by atoms with Crippen LogP contribution >= 0.6 is 0 Å². The molecular weight excluding hydrogens is 264 g/mol. The van der Waals surface area contributed by atoms with Crippen molar-refractivity contribution in [2.24, 2.45) is 5.92 Å². The van der Waals surface area contributed by atoms with E-state index in [1.807, 2.05) is 13.8 Å². The second-order valence-electron chi connectivity index (χ2n) is 6.71. The second-order valence-corrected chi connectivity index (χ2v) is 6.71. The summed E-state index contributed by atoms with van der Waals surface area (Å²) in [6.45, 7) is 9.48. The Kier molecular flexibility index (Phi) is 4.86. The number of carbonyl (C=O) groups is 1. The maximum atomic E-state index is 11.4. The summed E-state index contributed by atoms with van der Waals surface area (Å²) in [6.07, 6.45) is 3.48. The highest BCUT2D eigenvalue weighted by Gasteiger charge is 2.30. The Morgan fingerprint density at radius 1 is 1.33 bits per heavy atom. The van der Waals surface area contributed by atoms with Gasteiger partial charge in [-0.2, -0.15) is 0 Å². The number of aromatic carboxylic acids is 1. The Morgan fingerprint density at radius 3 is 2.48 bits per heavy atom. The Bertz CT molecular complexity index is 508. The van der Waals surface area contributed by atoms with E-state index in [4.69, 9.17) is 4.98 Å². The van der Waals surface area contributed by atoms with Crippen LogP contribution < -0.4 is 4.90 Å². The normalized spacial score (nSPS) is 14.8. The Hall–Kier alpha value is -1.58.